The minimum absolute atomic E-state index is 0.0468. The standard InChI is InChI=1S/C24H44N12O8/c25-17(37)9-13(21(29)41)33-1-2-34(14(22(30)42)10-18(26)38)5-6-36(16(24(32)44)12-20(28)40)8-7-35(4-3-33)15(23(31)43)11-19(27)39/h13-16H,1-12H2,(H2,25,37)(H2,26,38)(H2,27,39)(H2,28,40)(H2,29,41)(H2,30,42)(H2,31,43)(H2,32,44). The maximum Gasteiger partial charge on any atom is 0.235 e. The first kappa shape index (κ1) is 37.6. The van der Waals surface area contributed by atoms with Gasteiger partial charge in [0.1, 0.15) is 0 Å². The molecule has 1 fully saturated rings. The highest BCUT2D eigenvalue weighted by Crippen LogP contribution is 2.14. The molecule has 8 amide bonds. The highest BCUT2D eigenvalue weighted by atomic mass is 16.2. The van der Waals surface area contributed by atoms with E-state index in [1.165, 1.54) is 19.6 Å². The molecule has 248 valence electrons. The van der Waals surface area contributed by atoms with Crippen LogP contribution in [0.15, 0.2) is 0 Å². The van der Waals surface area contributed by atoms with E-state index < -0.39 is 97.1 Å². The zero-order valence-corrected chi connectivity index (χ0v) is 24.5. The van der Waals surface area contributed by atoms with E-state index in [9.17, 15) is 38.4 Å². The summed E-state index contributed by atoms with van der Waals surface area (Å²) in [6, 6.07) is -4.85. The van der Waals surface area contributed by atoms with Crippen LogP contribution in [0.1, 0.15) is 25.7 Å². The monoisotopic (exact) mass is 628 g/mol. The summed E-state index contributed by atoms with van der Waals surface area (Å²) in [4.78, 5) is 103. The van der Waals surface area contributed by atoms with E-state index in [1.807, 2.05) is 0 Å². The molecule has 0 aromatic rings. The lowest BCUT2D eigenvalue weighted by atomic mass is 10.1. The highest BCUT2D eigenvalue weighted by molar-refractivity contribution is 5.88. The van der Waals surface area contributed by atoms with Gasteiger partial charge >= 0.3 is 0 Å². The second-order valence-corrected chi connectivity index (χ2v) is 10.5. The molecule has 20 heteroatoms. The van der Waals surface area contributed by atoms with Crippen molar-refractivity contribution in [3.8, 4) is 0 Å². The minimum atomic E-state index is -1.21. The van der Waals surface area contributed by atoms with E-state index >= 15 is 0 Å². The topological polar surface area (TPSA) is 358 Å². The van der Waals surface area contributed by atoms with Crippen LogP contribution in [0.5, 0.6) is 0 Å². The van der Waals surface area contributed by atoms with Gasteiger partial charge in [-0.15, -0.1) is 0 Å². The first-order chi connectivity index (χ1) is 20.4. The first-order valence-electron chi connectivity index (χ1n) is 13.7. The maximum atomic E-state index is 12.4. The zero-order chi connectivity index (χ0) is 33.7. The van der Waals surface area contributed by atoms with Crippen LogP contribution in [0.25, 0.3) is 0 Å². The van der Waals surface area contributed by atoms with Crippen LogP contribution in [-0.4, -0.2) is 143 Å². The fourth-order valence-corrected chi connectivity index (χ4v) is 5.12. The van der Waals surface area contributed by atoms with Crippen LogP contribution < -0.4 is 45.9 Å². The highest BCUT2D eigenvalue weighted by Gasteiger charge is 2.34. The number of amides is 8. The normalized spacial score (nSPS) is 19.3. The van der Waals surface area contributed by atoms with Crippen molar-refractivity contribution in [1.29, 1.82) is 0 Å². The Morgan fingerprint density at radius 3 is 0.568 bits per heavy atom. The van der Waals surface area contributed by atoms with Crippen molar-refractivity contribution in [3.63, 3.8) is 0 Å². The predicted molar refractivity (Wildman–Crippen MR) is 153 cm³/mol. The number of carbonyl (C=O) groups is 8. The third-order valence-electron chi connectivity index (χ3n) is 7.35. The summed E-state index contributed by atoms with van der Waals surface area (Å²) in [7, 11) is 0. The molecule has 20 nitrogen and oxygen atoms in total. The number of hydrogen-bond acceptors (Lipinski definition) is 12. The fraction of sp³-hybridized carbons (Fsp3) is 0.667. The molecular formula is C24H44N12O8. The lowest BCUT2D eigenvalue weighted by Gasteiger charge is -2.40. The third kappa shape index (κ3) is 12.5. The van der Waals surface area contributed by atoms with Gasteiger partial charge in [0.2, 0.25) is 47.3 Å². The minimum Gasteiger partial charge on any atom is -0.370 e. The number of rotatable bonds is 16. The summed E-state index contributed by atoms with van der Waals surface area (Å²) < 4.78 is 0. The van der Waals surface area contributed by atoms with Crippen LogP contribution in [-0.2, 0) is 38.4 Å². The molecule has 4 atom stereocenters. The van der Waals surface area contributed by atoms with Crippen LogP contribution in [0.2, 0.25) is 0 Å². The van der Waals surface area contributed by atoms with Gasteiger partial charge in [-0.05, 0) is 0 Å². The van der Waals surface area contributed by atoms with Gasteiger partial charge in [-0.3, -0.25) is 58.0 Å². The molecule has 0 spiro atoms. The van der Waals surface area contributed by atoms with Crippen molar-refractivity contribution < 1.29 is 38.4 Å². The molecule has 4 unspecified atom stereocenters. The van der Waals surface area contributed by atoms with Gasteiger partial charge < -0.3 is 45.9 Å². The van der Waals surface area contributed by atoms with E-state index in [4.69, 9.17) is 45.9 Å². The molecule has 16 N–H and O–H groups in total. The molecule has 1 saturated heterocycles. The average Bonchev–Trinajstić information content (AvgIpc) is 2.88. The van der Waals surface area contributed by atoms with E-state index in [0.717, 1.165) is 0 Å². The number of hydrogen-bond donors (Lipinski definition) is 8. The van der Waals surface area contributed by atoms with Crippen molar-refractivity contribution in [1.82, 2.24) is 19.6 Å². The fourth-order valence-electron chi connectivity index (χ4n) is 5.12. The summed E-state index contributed by atoms with van der Waals surface area (Å²) in [5, 5.41) is 0. The van der Waals surface area contributed by atoms with E-state index in [2.05, 4.69) is 0 Å². The molecule has 1 heterocycles. The smallest absolute Gasteiger partial charge is 0.235 e. The van der Waals surface area contributed by atoms with Gasteiger partial charge in [-0.1, -0.05) is 0 Å². The molecule has 0 aliphatic carbocycles. The van der Waals surface area contributed by atoms with Crippen LogP contribution in [0, 0.1) is 0 Å². The Labute approximate surface area is 253 Å². The van der Waals surface area contributed by atoms with Crippen LogP contribution >= 0.6 is 0 Å². The molecule has 0 radical (unpaired) electrons. The van der Waals surface area contributed by atoms with Gasteiger partial charge in [0.15, 0.2) is 0 Å². The summed E-state index contributed by atoms with van der Waals surface area (Å²) in [5.74, 6) is -6.86. The van der Waals surface area contributed by atoms with Gasteiger partial charge in [0.05, 0.1) is 49.9 Å². The zero-order valence-electron chi connectivity index (χ0n) is 24.5. The van der Waals surface area contributed by atoms with Gasteiger partial charge in [0, 0.05) is 52.4 Å². The molecule has 0 bridgehead atoms. The van der Waals surface area contributed by atoms with Crippen molar-refractivity contribution in [3.05, 3.63) is 0 Å². The van der Waals surface area contributed by atoms with Crippen molar-refractivity contribution in [2.75, 3.05) is 52.4 Å². The lowest BCUT2D eigenvalue weighted by molar-refractivity contribution is -0.131. The summed E-state index contributed by atoms with van der Waals surface area (Å²) >= 11 is 0. The Morgan fingerprint density at radius 1 is 0.341 bits per heavy atom. The van der Waals surface area contributed by atoms with E-state index in [-0.39, 0.29) is 52.4 Å². The van der Waals surface area contributed by atoms with Gasteiger partial charge in [-0.2, -0.15) is 0 Å². The van der Waals surface area contributed by atoms with Crippen molar-refractivity contribution in [2.45, 2.75) is 49.9 Å². The Kier molecular flexibility index (Phi) is 15.1. The largest absolute Gasteiger partial charge is 0.370 e. The molecule has 1 aliphatic rings. The summed E-state index contributed by atoms with van der Waals surface area (Å²) in [6.45, 7) is -0.374. The molecule has 0 aromatic heterocycles. The SMILES string of the molecule is NC(=O)CC(C(N)=O)N1CCN(C(CC(N)=O)C(N)=O)CCN(C(CC(N)=O)C(N)=O)CCN(C(CC(N)=O)C(N)=O)CC1. The number of nitrogens with two attached hydrogens (primary N) is 8. The molecule has 0 saturated carbocycles. The second-order valence-electron chi connectivity index (χ2n) is 10.5. The van der Waals surface area contributed by atoms with E-state index in [0.29, 0.717) is 0 Å². The maximum absolute atomic E-state index is 12.4. The average molecular weight is 629 g/mol. The van der Waals surface area contributed by atoms with Crippen molar-refractivity contribution >= 4 is 47.3 Å². The molecular weight excluding hydrogens is 584 g/mol. The summed E-state index contributed by atoms with van der Waals surface area (Å²) in [5.41, 5.74) is 43.8. The third-order valence-corrected chi connectivity index (χ3v) is 7.35. The van der Waals surface area contributed by atoms with Crippen LogP contribution in [0.3, 0.4) is 0 Å². The predicted octanol–water partition coefficient (Wildman–Crippen LogP) is -7.87. The molecule has 1 rings (SSSR count). The second kappa shape index (κ2) is 17.7. The molecule has 0 aromatic carbocycles. The quantitative estimate of drug-likeness (QED) is 0.0790. The van der Waals surface area contributed by atoms with Crippen molar-refractivity contribution in [2.24, 2.45) is 45.9 Å². The molecule has 1 aliphatic heterocycles. The number of nitrogens with zero attached hydrogens (tertiary/aromatic N) is 4. The number of carbonyl (C=O) groups excluding carboxylic acids is 8. The van der Waals surface area contributed by atoms with E-state index in [1.54, 1.807) is 0 Å². The Morgan fingerprint density at radius 2 is 0.477 bits per heavy atom. The number of primary amides is 8. The van der Waals surface area contributed by atoms with Crippen LogP contribution in [0.4, 0.5) is 0 Å². The Balaban J connectivity index is 3.69. The Hall–Kier alpha value is -4.40. The van der Waals surface area contributed by atoms with Gasteiger partial charge in [0.25, 0.3) is 0 Å². The van der Waals surface area contributed by atoms with Gasteiger partial charge in [-0.25, -0.2) is 0 Å². The molecule has 44 heavy (non-hydrogen) atoms. The lowest BCUT2D eigenvalue weighted by Crippen LogP contribution is -2.59. The Bertz CT molecular complexity index is 921. The summed E-state index contributed by atoms with van der Waals surface area (Å²) in [6.07, 6.45) is -1.84. The first-order valence-corrected chi connectivity index (χ1v) is 13.7.